The Hall–Kier alpha value is -1.15. The molecule has 1 fully saturated rings. The highest BCUT2D eigenvalue weighted by Crippen LogP contribution is 2.18. The summed E-state index contributed by atoms with van der Waals surface area (Å²) in [5.41, 5.74) is 0.518. The average Bonchev–Trinajstić information content (AvgIpc) is 2.54. The summed E-state index contributed by atoms with van der Waals surface area (Å²) in [4.78, 5) is 14.6. The van der Waals surface area contributed by atoms with Gasteiger partial charge in [0.05, 0.1) is 4.90 Å². The zero-order valence-corrected chi connectivity index (χ0v) is 16.2. The Morgan fingerprint density at radius 2 is 1.88 bits per heavy atom. The first-order valence-electron chi connectivity index (χ1n) is 7.85. The smallest absolute Gasteiger partial charge is 0.254 e. The van der Waals surface area contributed by atoms with Gasteiger partial charge in [0.2, 0.25) is 10.0 Å². The first kappa shape index (κ1) is 20.9. The molecule has 1 aromatic carbocycles. The minimum Gasteiger partial charge on any atom is -0.333 e. The number of carbonyl (C=O) groups excluding carboxylic acids is 1. The monoisotopic (exact) mass is 375 g/mol. The fourth-order valence-corrected chi connectivity index (χ4v) is 3.89. The fraction of sp³-hybridized carbons (Fsp3) is 0.562. The van der Waals surface area contributed by atoms with Gasteiger partial charge in [0.1, 0.15) is 0 Å². The van der Waals surface area contributed by atoms with E-state index in [-0.39, 0.29) is 35.3 Å². The number of hydrogen-bond acceptors (Lipinski definition) is 4. The minimum absolute atomic E-state index is 0. The van der Waals surface area contributed by atoms with Gasteiger partial charge < -0.3 is 10.2 Å². The molecule has 1 aromatic rings. The van der Waals surface area contributed by atoms with E-state index in [1.54, 1.807) is 19.2 Å². The van der Waals surface area contributed by atoms with Crippen molar-refractivity contribution in [3.8, 4) is 0 Å². The fourth-order valence-electron chi connectivity index (χ4n) is 2.52. The molecule has 8 heteroatoms. The van der Waals surface area contributed by atoms with Crippen LogP contribution in [0.3, 0.4) is 0 Å². The molecule has 1 heterocycles. The van der Waals surface area contributed by atoms with Crippen molar-refractivity contribution >= 4 is 28.3 Å². The molecule has 0 saturated carbocycles. The SMILES string of the molecule is CC1CNCCN1C(=O)c1ccc(S(=O)(=O)N(C)C(C)C)cc1.Cl. The second-order valence-electron chi connectivity index (χ2n) is 6.19. The van der Waals surface area contributed by atoms with Crippen molar-refractivity contribution in [1.29, 1.82) is 0 Å². The lowest BCUT2D eigenvalue weighted by molar-refractivity contribution is 0.0655. The highest BCUT2D eigenvalue weighted by Gasteiger charge is 2.26. The molecular formula is C16H26ClN3O3S. The Balaban J connectivity index is 0.00000288. The maximum absolute atomic E-state index is 12.6. The largest absolute Gasteiger partial charge is 0.333 e. The number of amides is 1. The third kappa shape index (κ3) is 4.27. The summed E-state index contributed by atoms with van der Waals surface area (Å²) < 4.78 is 26.2. The summed E-state index contributed by atoms with van der Waals surface area (Å²) in [5.74, 6) is -0.0554. The summed E-state index contributed by atoms with van der Waals surface area (Å²) in [5, 5.41) is 3.24. The van der Waals surface area contributed by atoms with Crippen molar-refractivity contribution in [3.63, 3.8) is 0 Å². The molecule has 24 heavy (non-hydrogen) atoms. The lowest BCUT2D eigenvalue weighted by Crippen LogP contribution is -2.52. The molecule has 1 aliphatic rings. The van der Waals surface area contributed by atoms with Gasteiger partial charge in [0, 0.05) is 44.3 Å². The predicted molar refractivity (Wildman–Crippen MR) is 97.1 cm³/mol. The number of carbonyl (C=O) groups is 1. The van der Waals surface area contributed by atoms with Crippen molar-refractivity contribution in [2.45, 2.75) is 37.8 Å². The van der Waals surface area contributed by atoms with Gasteiger partial charge in [-0.05, 0) is 45.0 Å². The molecule has 136 valence electrons. The Bertz CT molecular complexity index is 662. The van der Waals surface area contributed by atoms with Crippen LogP contribution in [0.2, 0.25) is 0 Å². The van der Waals surface area contributed by atoms with Gasteiger partial charge in [-0.25, -0.2) is 8.42 Å². The van der Waals surface area contributed by atoms with Gasteiger partial charge in [-0.2, -0.15) is 4.31 Å². The van der Waals surface area contributed by atoms with Crippen LogP contribution in [0, 0.1) is 0 Å². The number of nitrogens with one attached hydrogen (secondary N) is 1. The molecule has 6 nitrogen and oxygen atoms in total. The van der Waals surface area contributed by atoms with Crippen LogP contribution in [-0.2, 0) is 10.0 Å². The number of nitrogens with zero attached hydrogens (tertiary/aromatic N) is 2. The summed E-state index contributed by atoms with van der Waals surface area (Å²) >= 11 is 0. The molecule has 1 aliphatic heterocycles. The van der Waals surface area contributed by atoms with Crippen LogP contribution in [-0.4, -0.2) is 62.3 Å². The summed E-state index contributed by atoms with van der Waals surface area (Å²) in [6.07, 6.45) is 0. The first-order chi connectivity index (χ1) is 10.7. The van der Waals surface area contributed by atoms with Gasteiger partial charge in [-0.1, -0.05) is 0 Å². The van der Waals surface area contributed by atoms with Crippen LogP contribution < -0.4 is 5.32 Å². The summed E-state index contributed by atoms with van der Waals surface area (Å²) in [6, 6.07) is 6.22. The Labute approximate surface area is 150 Å². The summed E-state index contributed by atoms with van der Waals surface area (Å²) in [7, 11) is -1.96. The zero-order valence-electron chi connectivity index (χ0n) is 14.5. The van der Waals surface area contributed by atoms with Gasteiger partial charge in [0.25, 0.3) is 5.91 Å². The standard InChI is InChI=1S/C16H25N3O3S.ClH/c1-12(2)18(4)23(21,22)15-7-5-14(6-8-15)16(20)19-10-9-17-11-13(19)3;/h5-8,12-13,17H,9-11H2,1-4H3;1H. The van der Waals surface area contributed by atoms with E-state index in [1.165, 1.54) is 16.4 Å². The average molecular weight is 376 g/mol. The molecular weight excluding hydrogens is 350 g/mol. The normalized spacial score (nSPS) is 18.6. The Kier molecular flexibility index (Phi) is 7.22. The van der Waals surface area contributed by atoms with Crippen LogP contribution in [0.4, 0.5) is 0 Å². The Morgan fingerprint density at radius 1 is 1.29 bits per heavy atom. The van der Waals surface area contributed by atoms with E-state index in [4.69, 9.17) is 0 Å². The van der Waals surface area contributed by atoms with E-state index >= 15 is 0 Å². The van der Waals surface area contributed by atoms with E-state index in [0.29, 0.717) is 12.1 Å². The van der Waals surface area contributed by atoms with Crippen molar-refractivity contribution in [2.24, 2.45) is 0 Å². The predicted octanol–water partition coefficient (Wildman–Crippen LogP) is 1.57. The molecule has 0 radical (unpaired) electrons. The molecule has 1 atom stereocenters. The maximum atomic E-state index is 12.6. The number of halogens is 1. The van der Waals surface area contributed by atoms with Crippen molar-refractivity contribution < 1.29 is 13.2 Å². The molecule has 0 aliphatic carbocycles. The number of piperazine rings is 1. The van der Waals surface area contributed by atoms with Crippen LogP contribution in [0.25, 0.3) is 0 Å². The molecule has 0 aromatic heterocycles. The molecule has 0 spiro atoms. The topological polar surface area (TPSA) is 69.7 Å². The second kappa shape index (κ2) is 8.29. The van der Waals surface area contributed by atoms with Gasteiger partial charge >= 0.3 is 0 Å². The first-order valence-corrected chi connectivity index (χ1v) is 9.29. The number of benzene rings is 1. The van der Waals surface area contributed by atoms with E-state index in [0.717, 1.165) is 13.1 Å². The molecule has 1 amide bonds. The van der Waals surface area contributed by atoms with Crippen LogP contribution in [0.1, 0.15) is 31.1 Å². The third-order valence-electron chi connectivity index (χ3n) is 4.27. The van der Waals surface area contributed by atoms with Crippen molar-refractivity contribution in [1.82, 2.24) is 14.5 Å². The van der Waals surface area contributed by atoms with Crippen LogP contribution in [0.5, 0.6) is 0 Å². The molecule has 2 rings (SSSR count). The van der Waals surface area contributed by atoms with E-state index in [9.17, 15) is 13.2 Å². The highest BCUT2D eigenvalue weighted by molar-refractivity contribution is 7.89. The van der Waals surface area contributed by atoms with Gasteiger partial charge in [-0.3, -0.25) is 4.79 Å². The number of hydrogen-bond donors (Lipinski definition) is 1. The zero-order chi connectivity index (χ0) is 17.2. The van der Waals surface area contributed by atoms with E-state index in [1.807, 2.05) is 25.7 Å². The lowest BCUT2D eigenvalue weighted by atomic mass is 10.1. The molecule has 1 unspecified atom stereocenters. The molecule has 1 saturated heterocycles. The van der Waals surface area contributed by atoms with Crippen molar-refractivity contribution in [2.75, 3.05) is 26.7 Å². The minimum atomic E-state index is -3.52. The second-order valence-corrected chi connectivity index (χ2v) is 8.19. The summed E-state index contributed by atoms with van der Waals surface area (Å²) in [6.45, 7) is 7.86. The van der Waals surface area contributed by atoms with E-state index < -0.39 is 10.0 Å². The Morgan fingerprint density at radius 3 is 2.38 bits per heavy atom. The van der Waals surface area contributed by atoms with E-state index in [2.05, 4.69) is 5.32 Å². The third-order valence-corrected chi connectivity index (χ3v) is 6.32. The van der Waals surface area contributed by atoms with Crippen molar-refractivity contribution in [3.05, 3.63) is 29.8 Å². The molecule has 1 N–H and O–H groups in total. The number of sulfonamides is 1. The highest BCUT2D eigenvalue weighted by atomic mass is 35.5. The molecule has 0 bridgehead atoms. The van der Waals surface area contributed by atoms with Crippen LogP contribution >= 0.6 is 12.4 Å². The maximum Gasteiger partial charge on any atom is 0.254 e. The quantitative estimate of drug-likeness (QED) is 0.867. The van der Waals surface area contributed by atoms with Gasteiger partial charge in [0.15, 0.2) is 0 Å². The number of rotatable bonds is 4. The van der Waals surface area contributed by atoms with Gasteiger partial charge in [-0.15, -0.1) is 12.4 Å². The van der Waals surface area contributed by atoms with Crippen LogP contribution in [0.15, 0.2) is 29.2 Å². The lowest BCUT2D eigenvalue weighted by Gasteiger charge is -2.34.